The summed E-state index contributed by atoms with van der Waals surface area (Å²) >= 11 is 0. The van der Waals surface area contributed by atoms with Crippen molar-refractivity contribution in [1.82, 2.24) is 0 Å². The number of ketones is 1. The molecule has 1 saturated carbocycles. The Morgan fingerprint density at radius 2 is 1.58 bits per heavy atom. The van der Waals surface area contributed by atoms with Crippen molar-refractivity contribution in [2.45, 2.75) is 32.5 Å². The van der Waals surface area contributed by atoms with E-state index in [2.05, 4.69) is 62.6 Å². The Balaban J connectivity index is 1.88. The van der Waals surface area contributed by atoms with E-state index in [0.29, 0.717) is 11.8 Å². The molecule has 2 aromatic rings. The molecule has 2 aromatic carbocycles. The summed E-state index contributed by atoms with van der Waals surface area (Å²) in [6.45, 7) is 9.11. The number of allylic oxidation sites excluding steroid dienone is 1. The molecule has 0 saturated heterocycles. The van der Waals surface area contributed by atoms with Crippen LogP contribution in [0.3, 0.4) is 0 Å². The molecular weight excluding hydrogens is 308 g/mol. The van der Waals surface area contributed by atoms with Gasteiger partial charge in [0.1, 0.15) is 0 Å². The van der Waals surface area contributed by atoms with Gasteiger partial charge in [0.05, 0.1) is 8.07 Å². The third-order valence-corrected chi connectivity index (χ3v) is 5.91. The minimum Gasteiger partial charge on any atom is -0.294 e. The van der Waals surface area contributed by atoms with Gasteiger partial charge in [-0.05, 0) is 18.4 Å². The van der Waals surface area contributed by atoms with Crippen LogP contribution in [0.5, 0.6) is 0 Å². The molecule has 1 nitrogen and oxygen atoms in total. The van der Waals surface area contributed by atoms with Gasteiger partial charge in [0, 0.05) is 17.4 Å². The standard InChI is InChI=1S/C22H26OSi/c1-16-10-12-17(13-11-16)20-19(14-15-24(2,3)4)21(20)22(23)18-8-6-5-7-9-18/h5-15,19-21H,1-4H3/b15-14+/t19-,20-,21-/m0/s1. The second kappa shape index (κ2) is 6.52. The van der Waals surface area contributed by atoms with E-state index in [1.807, 2.05) is 30.3 Å². The summed E-state index contributed by atoms with van der Waals surface area (Å²) in [6.07, 6.45) is 2.32. The van der Waals surface area contributed by atoms with Crippen LogP contribution in [0, 0.1) is 18.8 Å². The van der Waals surface area contributed by atoms with Gasteiger partial charge in [-0.2, -0.15) is 0 Å². The Bertz CT molecular complexity index is 738. The Morgan fingerprint density at radius 3 is 2.17 bits per heavy atom. The van der Waals surface area contributed by atoms with E-state index >= 15 is 0 Å². The van der Waals surface area contributed by atoms with Gasteiger partial charge >= 0.3 is 0 Å². The van der Waals surface area contributed by atoms with Crippen molar-refractivity contribution in [3.8, 4) is 0 Å². The molecule has 0 aromatic heterocycles. The first kappa shape index (κ1) is 16.9. The van der Waals surface area contributed by atoms with E-state index in [4.69, 9.17) is 0 Å². The quantitative estimate of drug-likeness (QED) is 0.511. The average molecular weight is 335 g/mol. The zero-order chi connectivity index (χ0) is 17.3. The molecule has 0 unspecified atom stereocenters. The van der Waals surface area contributed by atoms with Crippen molar-refractivity contribution in [3.63, 3.8) is 0 Å². The minimum atomic E-state index is -1.25. The molecule has 3 atom stereocenters. The Labute approximate surface area is 146 Å². The zero-order valence-electron chi connectivity index (χ0n) is 15.0. The van der Waals surface area contributed by atoms with Crippen molar-refractivity contribution >= 4 is 13.9 Å². The van der Waals surface area contributed by atoms with Gasteiger partial charge in [-0.25, -0.2) is 0 Å². The highest BCUT2D eigenvalue weighted by Gasteiger charge is 2.53. The average Bonchev–Trinajstić information content (AvgIpc) is 3.27. The maximum atomic E-state index is 13.0. The summed E-state index contributed by atoms with van der Waals surface area (Å²) in [5.74, 6) is 1.03. The number of carbonyl (C=O) groups is 1. The van der Waals surface area contributed by atoms with Crippen LogP contribution in [0.15, 0.2) is 66.4 Å². The molecule has 124 valence electrons. The number of aryl methyl sites for hydroxylation is 1. The normalized spacial score (nSPS) is 23.4. The highest BCUT2D eigenvalue weighted by atomic mass is 28.3. The lowest BCUT2D eigenvalue weighted by Gasteiger charge is -2.07. The first-order valence-corrected chi connectivity index (χ1v) is 12.3. The number of hydrogen-bond acceptors (Lipinski definition) is 1. The molecule has 0 N–H and O–H groups in total. The van der Waals surface area contributed by atoms with E-state index in [-0.39, 0.29) is 11.7 Å². The zero-order valence-corrected chi connectivity index (χ0v) is 16.0. The fourth-order valence-corrected chi connectivity index (χ4v) is 4.12. The van der Waals surface area contributed by atoms with Crippen molar-refractivity contribution in [1.29, 1.82) is 0 Å². The Morgan fingerprint density at radius 1 is 0.958 bits per heavy atom. The van der Waals surface area contributed by atoms with Crippen molar-refractivity contribution in [3.05, 3.63) is 83.1 Å². The molecule has 0 radical (unpaired) electrons. The first-order chi connectivity index (χ1) is 11.4. The first-order valence-electron chi connectivity index (χ1n) is 8.72. The molecule has 3 rings (SSSR count). The van der Waals surface area contributed by atoms with Crippen LogP contribution in [0.1, 0.15) is 27.4 Å². The second-order valence-corrected chi connectivity index (χ2v) is 13.1. The van der Waals surface area contributed by atoms with Gasteiger partial charge in [-0.1, -0.05) is 91.6 Å². The summed E-state index contributed by atoms with van der Waals surface area (Å²) in [6, 6.07) is 18.4. The van der Waals surface area contributed by atoms with Crippen LogP contribution in [0.25, 0.3) is 0 Å². The predicted molar refractivity (Wildman–Crippen MR) is 104 cm³/mol. The highest BCUT2D eigenvalue weighted by Crippen LogP contribution is 2.56. The van der Waals surface area contributed by atoms with E-state index in [1.54, 1.807) is 0 Å². The van der Waals surface area contributed by atoms with Gasteiger partial charge in [0.2, 0.25) is 0 Å². The number of benzene rings is 2. The van der Waals surface area contributed by atoms with Crippen LogP contribution < -0.4 is 0 Å². The number of Topliss-reactive ketones (excluding diaryl/α,β-unsaturated/α-hetero) is 1. The van der Waals surface area contributed by atoms with Gasteiger partial charge in [-0.3, -0.25) is 4.79 Å². The van der Waals surface area contributed by atoms with Crippen LogP contribution in [-0.2, 0) is 0 Å². The minimum absolute atomic E-state index is 0.0858. The summed E-state index contributed by atoms with van der Waals surface area (Å²) in [5, 5.41) is 0. The smallest absolute Gasteiger partial charge is 0.167 e. The molecule has 0 aliphatic heterocycles. The molecule has 0 bridgehead atoms. The monoisotopic (exact) mass is 334 g/mol. The van der Waals surface area contributed by atoms with E-state index < -0.39 is 8.07 Å². The van der Waals surface area contributed by atoms with Crippen LogP contribution in [0.2, 0.25) is 19.6 Å². The summed E-state index contributed by atoms with van der Waals surface area (Å²) in [5.41, 5.74) is 5.78. The lowest BCUT2D eigenvalue weighted by atomic mass is 10.0. The molecule has 1 aliphatic carbocycles. The molecule has 1 fully saturated rings. The second-order valence-electron chi connectivity index (χ2n) is 8.00. The lowest BCUT2D eigenvalue weighted by Crippen LogP contribution is -2.15. The molecule has 24 heavy (non-hydrogen) atoms. The summed E-state index contributed by atoms with van der Waals surface area (Å²) in [7, 11) is -1.25. The van der Waals surface area contributed by atoms with Crippen molar-refractivity contribution in [2.24, 2.45) is 11.8 Å². The van der Waals surface area contributed by atoms with Crippen LogP contribution >= 0.6 is 0 Å². The van der Waals surface area contributed by atoms with Gasteiger partial charge in [0.15, 0.2) is 5.78 Å². The number of hydrogen-bond donors (Lipinski definition) is 0. The van der Waals surface area contributed by atoms with Crippen molar-refractivity contribution < 1.29 is 4.79 Å². The van der Waals surface area contributed by atoms with Crippen LogP contribution in [-0.4, -0.2) is 13.9 Å². The predicted octanol–water partition coefficient (Wildman–Crippen LogP) is 5.64. The molecule has 2 heteroatoms. The fourth-order valence-electron chi connectivity index (χ4n) is 3.32. The Kier molecular flexibility index (Phi) is 4.59. The number of rotatable bonds is 5. The molecular formula is C22H26OSi. The highest BCUT2D eigenvalue weighted by molar-refractivity contribution is 6.80. The Hall–Kier alpha value is -1.93. The van der Waals surface area contributed by atoms with Gasteiger partial charge < -0.3 is 0 Å². The van der Waals surface area contributed by atoms with E-state index in [0.717, 1.165) is 5.56 Å². The molecule has 0 amide bonds. The van der Waals surface area contributed by atoms with E-state index in [9.17, 15) is 4.79 Å². The summed E-state index contributed by atoms with van der Waals surface area (Å²) < 4.78 is 0. The maximum Gasteiger partial charge on any atom is 0.167 e. The number of carbonyl (C=O) groups excluding carboxylic acids is 1. The molecule has 1 aliphatic rings. The molecule has 0 heterocycles. The fraction of sp³-hybridized carbons (Fsp3) is 0.318. The topological polar surface area (TPSA) is 17.1 Å². The lowest BCUT2D eigenvalue weighted by molar-refractivity contribution is 0.0961. The van der Waals surface area contributed by atoms with E-state index in [1.165, 1.54) is 11.1 Å². The maximum absolute atomic E-state index is 13.0. The third-order valence-electron chi connectivity index (χ3n) is 4.72. The summed E-state index contributed by atoms with van der Waals surface area (Å²) in [4.78, 5) is 13.0. The van der Waals surface area contributed by atoms with Gasteiger partial charge in [-0.15, -0.1) is 0 Å². The SMILES string of the molecule is Cc1ccc([C@H]2[C@H](/C=C/[Si](C)(C)C)[C@@H]2C(=O)c2ccccc2)cc1. The third kappa shape index (κ3) is 3.76. The van der Waals surface area contributed by atoms with Crippen LogP contribution in [0.4, 0.5) is 0 Å². The van der Waals surface area contributed by atoms with Gasteiger partial charge in [0.25, 0.3) is 0 Å². The largest absolute Gasteiger partial charge is 0.294 e. The van der Waals surface area contributed by atoms with Crippen molar-refractivity contribution in [2.75, 3.05) is 0 Å². The molecule has 0 spiro atoms.